The van der Waals surface area contributed by atoms with Gasteiger partial charge in [-0.15, -0.1) is 0 Å². The molecule has 0 bridgehead atoms. The van der Waals surface area contributed by atoms with E-state index in [1.807, 2.05) is 0 Å². The molecule has 1 amide bonds. The molecule has 2 aromatic rings. The van der Waals surface area contributed by atoms with E-state index in [-0.39, 0.29) is 24.5 Å². The molecule has 1 aromatic carbocycles. The van der Waals surface area contributed by atoms with E-state index in [1.165, 1.54) is 19.1 Å². The zero-order valence-corrected chi connectivity index (χ0v) is 15.1. The molecular weight excluding hydrogens is 348 g/mol. The summed E-state index contributed by atoms with van der Waals surface area (Å²) in [5, 5.41) is 10.9. The van der Waals surface area contributed by atoms with Crippen molar-refractivity contribution in [3.8, 4) is 5.75 Å². The standard InChI is InChI=1S/C20H20N2O5/c1-26-10-9-22-17(14-6-4-8-21-12-14)16(19(24)20(22)25)18(23)13-5-3-7-15(11-13)27-2/h3-8,11-12,17,23H,9-10H2,1-2H3/t17-/m1/s1. The Bertz CT molecular complexity index is 879. The highest BCUT2D eigenvalue weighted by atomic mass is 16.5. The van der Waals surface area contributed by atoms with E-state index in [0.717, 1.165) is 0 Å². The number of pyridine rings is 1. The third-order valence-corrected chi connectivity index (χ3v) is 4.42. The lowest BCUT2D eigenvalue weighted by Gasteiger charge is -2.24. The quantitative estimate of drug-likeness (QED) is 0.477. The summed E-state index contributed by atoms with van der Waals surface area (Å²) in [6, 6.07) is 9.44. The third kappa shape index (κ3) is 3.54. The molecule has 7 heteroatoms. The van der Waals surface area contributed by atoms with E-state index in [1.54, 1.807) is 48.8 Å². The average Bonchev–Trinajstić information content (AvgIpc) is 2.97. The minimum absolute atomic E-state index is 0.0253. The number of aromatic nitrogens is 1. The number of likely N-dealkylation sites (tertiary alicyclic amines) is 1. The van der Waals surface area contributed by atoms with Crippen molar-refractivity contribution in [2.24, 2.45) is 0 Å². The maximum absolute atomic E-state index is 12.7. The van der Waals surface area contributed by atoms with Gasteiger partial charge in [-0.3, -0.25) is 14.6 Å². The van der Waals surface area contributed by atoms with Gasteiger partial charge in [0.25, 0.3) is 11.7 Å². The van der Waals surface area contributed by atoms with Gasteiger partial charge in [0, 0.05) is 31.6 Å². The molecular formula is C20H20N2O5. The summed E-state index contributed by atoms with van der Waals surface area (Å²) < 4.78 is 10.2. The Balaban J connectivity index is 2.15. The summed E-state index contributed by atoms with van der Waals surface area (Å²) in [7, 11) is 3.03. The van der Waals surface area contributed by atoms with Gasteiger partial charge in [0.2, 0.25) is 0 Å². The zero-order valence-electron chi connectivity index (χ0n) is 15.1. The number of carbonyl (C=O) groups is 2. The molecule has 1 aromatic heterocycles. The molecule has 140 valence electrons. The van der Waals surface area contributed by atoms with E-state index >= 15 is 0 Å². The van der Waals surface area contributed by atoms with Crippen LogP contribution >= 0.6 is 0 Å². The summed E-state index contributed by atoms with van der Waals surface area (Å²) in [4.78, 5) is 30.8. The Morgan fingerprint density at radius 2 is 2.04 bits per heavy atom. The van der Waals surface area contributed by atoms with Crippen LogP contribution in [0, 0.1) is 0 Å². The maximum Gasteiger partial charge on any atom is 0.295 e. The first-order chi connectivity index (χ1) is 13.1. The summed E-state index contributed by atoms with van der Waals surface area (Å²) >= 11 is 0. The van der Waals surface area contributed by atoms with Crippen molar-refractivity contribution in [3.05, 3.63) is 65.5 Å². The number of carbonyl (C=O) groups excluding carboxylic acids is 2. The lowest BCUT2D eigenvalue weighted by atomic mass is 9.96. The zero-order chi connectivity index (χ0) is 19.4. The largest absolute Gasteiger partial charge is 0.507 e. The number of aliphatic hydroxyl groups is 1. The number of ketones is 1. The topological polar surface area (TPSA) is 89.0 Å². The molecule has 1 fully saturated rings. The lowest BCUT2D eigenvalue weighted by molar-refractivity contribution is -0.140. The third-order valence-electron chi connectivity index (χ3n) is 4.42. The van der Waals surface area contributed by atoms with Crippen LogP contribution in [0.15, 0.2) is 54.4 Å². The van der Waals surface area contributed by atoms with Crippen molar-refractivity contribution in [2.45, 2.75) is 6.04 Å². The van der Waals surface area contributed by atoms with Gasteiger partial charge in [-0.05, 0) is 23.8 Å². The van der Waals surface area contributed by atoms with E-state index in [4.69, 9.17) is 9.47 Å². The highest BCUT2D eigenvalue weighted by Crippen LogP contribution is 2.39. The number of methoxy groups -OCH3 is 2. The summed E-state index contributed by atoms with van der Waals surface area (Å²) in [5.41, 5.74) is 1.06. The number of Topliss-reactive ketones (excluding diaryl/α,β-unsaturated/α-hetero) is 1. The van der Waals surface area contributed by atoms with Crippen LogP contribution in [-0.4, -0.2) is 54.1 Å². The molecule has 0 radical (unpaired) electrons. The van der Waals surface area contributed by atoms with E-state index in [2.05, 4.69) is 4.98 Å². The molecule has 3 rings (SSSR count). The molecule has 0 saturated carbocycles. The number of amides is 1. The molecule has 1 aliphatic rings. The number of hydrogen-bond donors (Lipinski definition) is 1. The van der Waals surface area contributed by atoms with Crippen LogP contribution in [0.25, 0.3) is 5.76 Å². The Labute approximate surface area is 156 Å². The maximum atomic E-state index is 12.7. The van der Waals surface area contributed by atoms with Crippen LogP contribution in [0.1, 0.15) is 17.2 Å². The predicted molar refractivity (Wildman–Crippen MR) is 98.1 cm³/mol. The van der Waals surface area contributed by atoms with Crippen molar-refractivity contribution < 1.29 is 24.2 Å². The van der Waals surface area contributed by atoms with E-state index in [0.29, 0.717) is 16.9 Å². The SMILES string of the molecule is COCCN1C(=O)C(=O)C(=C(O)c2cccc(OC)c2)[C@H]1c1cccnc1. The number of nitrogens with zero attached hydrogens (tertiary/aromatic N) is 2. The fraction of sp³-hybridized carbons (Fsp3) is 0.250. The fourth-order valence-electron chi connectivity index (χ4n) is 3.11. The number of hydrogen-bond acceptors (Lipinski definition) is 6. The first-order valence-corrected chi connectivity index (χ1v) is 8.40. The molecule has 0 spiro atoms. The van der Waals surface area contributed by atoms with Crippen molar-refractivity contribution in [1.29, 1.82) is 0 Å². The summed E-state index contributed by atoms with van der Waals surface area (Å²) in [6.07, 6.45) is 3.18. The molecule has 0 aliphatic carbocycles. The van der Waals surface area contributed by atoms with Crippen LogP contribution in [0.4, 0.5) is 0 Å². The summed E-state index contributed by atoms with van der Waals surface area (Å²) in [6.45, 7) is 0.485. The van der Waals surface area contributed by atoms with Gasteiger partial charge >= 0.3 is 0 Å². The van der Waals surface area contributed by atoms with Gasteiger partial charge in [0.1, 0.15) is 11.5 Å². The van der Waals surface area contributed by atoms with Gasteiger partial charge in [-0.25, -0.2) is 0 Å². The Morgan fingerprint density at radius 1 is 1.22 bits per heavy atom. The van der Waals surface area contributed by atoms with Crippen molar-refractivity contribution in [3.63, 3.8) is 0 Å². The molecule has 2 heterocycles. The van der Waals surface area contributed by atoms with Crippen LogP contribution in [0.2, 0.25) is 0 Å². The lowest BCUT2D eigenvalue weighted by Crippen LogP contribution is -2.32. The minimum atomic E-state index is -0.736. The molecule has 27 heavy (non-hydrogen) atoms. The van der Waals surface area contributed by atoms with Gasteiger partial charge in [0.15, 0.2) is 0 Å². The molecule has 1 N–H and O–H groups in total. The van der Waals surface area contributed by atoms with Gasteiger partial charge in [-0.1, -0.05) is 18.2 Å². The second-order valence-electron chi connectivity index (χ2n) is 6.00. The van der Waals surface area contributed by atoms with Gasteiger partial charge in [0.05, 0.1) is 25.3 Å². The average molecular weight is 368 g/mol. The number of rotatable bonds is 6. The van der Waals surface area contributed by atoms with Crippen LogP contribution < -0.4 is 4.74 Å². The number of ether oxygens (including phenoxy) is 2. The first kappa shape index (κ1) is 18.6. The second-order valence-corrected chi connectivity index (χ2v) is 6.00. The number of aliphatic hydroxyl groups excluding tert-OH is 1. The summed E-state index contributed by atoms with van der Waals surface area (Å²) in [5.74, 6) is -1.13. The Morgan fingerprint density at radius 3 is 2.70 bits per heavy atom. The van der Waals surface area contributed by atoms with Crippen molar-refractivity contribution >= 4 is 17.4 Å². The molecule has 1 atom stereocenters. The van der Waals surface area contributed by atoms with Crippen LogP contribution in [0.3, 0.4) is 0 Å². The number of benzene rings is 1. The van der Waals surface area contributed by atoms with E-state index in [9.17, 15) is 14.7 Å². The highest BCUT2D eigenvalue weighted by Gasteiger charge is 2.45. The smallest absolute Gasteiger partial charge is 0.295 e. The van der Waals surface area contributed by atoms with E-state index < -0.39 is 17.7 Å². The van der Waals surface area contributed by atoms with Crippen LogP contribution in [-0.2, 0) is 14.3 Å². The molecule has 7 nitrogen and oxygen atoms in total. The predicted octanol–water partition coefficient (Wildman–Crippen LogP) is 2.16. The Kier molecular flexibility index (Phi) is 5.52. The van der Waals surface area contributed by atoms with Gasteiger partial charge < -0.3 is 19.5 Å². The Hall–Kier alpha value is -3.19. The van der Waals surface area contributed by atoms with Crippen molar-refractivity contribution in [1.82, 2.24) is 9.88 Å². The first-order valence-electron chi connectivity index (χ1n) is 8.40. The van der Waals surface area contributed by atoms with Crippen LogP contribution in [0.5, 0.6) is 5.75 Å². The second kappa shape index (κ2) is 8.01. The highest BCUT2D eigenvalue weighted by molar-refractivity contribution is 6.46. The van der Waals surface area contributed by atoms with Gasteiger partial charge in [-0.2, -0.15) is 0 Å². The molecule has 0 unspecified atom stereocenters. The normalized spacial score (nSPS) is 18.7. The molecule has 1 saturated heterocycles. The molecule has 1 aliphatic heterocycles. The monoisotopic (exact) mass is 368 g/mol. The minimum Gasteiger partial charge on any atom is -0.507 e. The fourth-order valence-corrected chi connectivity index (χ4v) is 3.11. The van der Waals surface area contributed by atoms with Crippen molar-refractivity contribution in [2.75, 3.05) is 27.4 Å².